The standard InChI is InChI=1S/C6H13O6.Ti/c7-1-3(9)5(11)6(12)4(10)2-8;/h1,3-12H,2H2;/q-1;/t3-,4-,5-,6-;/m1./s1. The van der Waals surface area contributed by atoms with Crippen molar-refractivity contribution in [3.8, 4) is 0 Å². The average molecular weight is 229 g/mol. The number of hydrogen-bond donors (Lipinski definition) is 6. The van der Waals surface area contributed by atoms with Gasteiger partial charge in [-0.05, 0) is 6.10 Å². The molecule has 0 aromatic carbocycles. The first-order valence-electron chi connectivity index (χ1n) is 3.35. The molecule has 0 fully saturated rings. The Morgan fingerprint density at radius 3 is 1.77 bits per heavy atom. The van der Waals surface area contributed by atoms with E-state index in [0.29, 0.717) is 0 Å². The van der Waals surface area contributed by atoms with Crippen molar-refractivity contribution in [2.24, 2.45) is 0 Å². The molecule has 6 nitrogen and oxygen atoms in total. The monoisotopic (exact) mass is 229 g/mol. The van der Waals surface area contributed by atoms with Gasteiger partial charge in [0.1, 0.15) is 12.2 Å². The van der Waals surface area contributed by atoms with Crippen LogP contribution in [0.25, 0.3) is 0 Å². The molecule has 4 atom stereocenters. The van der Waals surface area contributed by atoms with E-state index in [-0.39, 0.29) is 28.3 Å². The van der Waals surface area contributed by atoms with Crippen LogP contribution in [0.2, 0.25) is 0 Å². The summed E-state index contributed by atoms with van der Waals surface area (Å²) in [5.41, 5.74) is 0. The maximum atomic E-state index is 8.94. The van der Waals surface area contributed by atoms with Gasteiger partial charge in [-0.15, -0.1) is 0 Å². The van der Waals surface area contributed by atoms with Gasteiger partial charge in [0.25, 0.3) is 0 Å². The minimum atomic E-state index is -1.72. The SMILES string of the molecule is O[CH-][C@@H](O)[C@@H](O)[C@H](O)[C@H](O)CO.[Ti]. The Kier molecular flexibility index (Phi) is 9.60. The molecule has 0 heterocycles. The molecular formula is C6H13O6Ti-. The van der Waals surface area contributed by atoms with Crippen LogP contribution < -0.4 is 0 Å². The van der Waals surface area contributed by atoms with Gasteiger partial charge in [0.15, 0.2) is 0 Å². The summed E-state index contributed by atoms with van der Waals surface area (Å²) in [6, 6.07) is 0. The van der Waals surface area contributed by atoms with E-state index in [1.807, 2.05) is 0 Å². The predicted molar refractivity (Wildman–Crippen MR) is 37.3 cm³/mol. The van der Waals surface area contributed by atoms with Gasteiger partial charge in [-0.3, -0.25) is 0 Å². The molecule has 0 bridgehead atoms. The van der Waals surface area contributed by atoms with Crippen LogP contribution in [0.3, 0.4) is 0 Å². The third-order valence-corrected chi connectivity index (χ3v) is 1.43. The molecule has 13 heavy (non-hydrogen) atoms. The van der Waals surface area contributed by atoms with E-state index in [1.165, 1.54) is 0 Å². The van der Waals surface area contributed by atoms with Crippen molar-refractivity contribution in [3.05, 3.63) is 6.61 Å². The zero-order valence-electron chi connectivity index (χ0n) is 6.78. The Bertz CT molecular complexity index is 110. The van der Waals surface area contributed by atoms with E-state index >= 15 is 0 Å². The summed E-state index contributed by atoms with van der Waals surface area (Å²) >= 11 is 0. The van der Waals surface area contributed by atoms with Gasteiger partial charge in [0.2, 0.25) is 0 Å². The molecule has 0 aliphatic rings. The molecule has 0 aromatic rings. The molecule has 0 aliphatic carbocycles. The van der Waals surface area contributed by atoms with Gasteiger partial charge in [0.05, 0.1) is 12.7 Å². The number of hydrogen-bond acceptors (Lipinski definition) is 6. The largest absolute Gasteiger partial charge is 0.563 e. The minimum Gasteiger partial charge on any atom is -0.563 e. The molecular weight excluding hydrogens is 216 g/mol. The molecule has 0 radical (unpaired) electrons. The Balaban J connectivity index is 0. The Hall–Kier alpha value is 0.474. The summed E-state index contributed by atoms with van der Waals surface area (Å²) in [7, 11) is 0. The molecule has 0 amide bonds. The van der Waals surface area contributed by atoms with Crippen LogP contribution in [-0.2, 0) is 21.7 Å². The zero-order chi connectivity index (χ0) is 9.72. The van der Waals surface area contributed by atoms with Crippen molar-refractivity contribution in [1.82, 2.24) is 0 Å². The number of aliphatic hydroxyl groups is 6. The molecule has 78 valence electrons. The number of aliphatic hydroxyl groups excluding tert-OH is 6. The molecule has 0 aromatic heterocycles. The number of rotatable bonds is 5. The fraction of sp³-hybridized carbons (Fsp3) is 0.833. The second-order valence-corrected chi connectivity index (χ2v) is 2.37. The Morgan fingerprint density at radius 1 is 1.00 bits per heavy atom. The van der Waals surface area contributed by atoms with Gasteiger partial charge in [0, 0.05) is 21.7 Å². The molecule has 0 unspecified atom stereocenters. The van der Waals surface area contributed by atoms with Gasteiger partial charge < -0.3 is 30.6 Å². The van der Waals surface area contributed by atoms with Gasteiger partial charge in [-0.2, -0.15) is 6.61 Å². The van der Waals surface area contributed by atoms with Crippen molar-refractivity contribution >= 4 is 0 Å². The molecule has 0 saturated carbocycles. The zero-order valence-corrected chi connectivity index (χ0v) is 8.34. The van der Waals surface area contributed by atoms with E-state index in [4.69, 9.17) is 30.6 Å². The normalized spacial score (nSPS) is 19.8. The molecule has 0 spiro atoms. The Labute approximate surface area is 90.3 Å². The summed E-state index contributed by atoms with van der Waals surface area (Å²) in [5.74, 6) is 0. The van der Waals surface area contributed by atoms with Crippen molar-refractivity contribution in [2.45, 2.75) is 24.4 Å². The molecule has 7 heteroatoms. The van der Waals surface area contributed by atoms with Crippen molar-refractivity contribution in [3.63, 3.8) is 0 Å². The summed E-state index contributed by atoms with van der Waals surface area (Å²) in [4.78, 5) is 0. The van der Waals surface area contributed by atoms with Crippen LogP contribution in [0.1, 0.15) is 0 Å². The summed E-state index contributed by atoms with van der Waals surface area (Å²) in [6.45, 7) is -0.464. The van der Waals surface area contributed by atoms with E-state index < -0.39 is 31.0 Å². The first-order chi connectivity index (χ1) is 5.54. The molecule has 0 rings (SSSR count). The quantitative estimate of drug-likeness (QED) is 0.220. The first kappa shape index (κ1) is 15.9. The Morgan fingerprint density at radius 2 is 1.46 bits per heavy atom. The summed E-state index contributed by atoms with van der Waals surface area (Å²) in [6.07, 6.45) is -6.62. The van der Waals surface area contributed by atoms with Crippen LogP contribution >= 0.6 is 0 Å². The second-order valence-electron chi connectivity index (χ2n) is 2.37. The van der Waals surface area contributed by atoms with E-state index in [0.717, 1.165) is 0 Å². The minimum absolute atomic E-state index is 0. The maximum Gasteiger partial charge on any atom is 0.108 e. The van der Waals surface area contributed by atoms with Crippen molar-refractivity contribution < 1.29 is 52.4 Å². The summed E-state index contributed by atoms with van der Waals surface area (Å²) in [5, 5.41) is 51.9. The van der Waals surface area contributed by atoms with E-state index in [9.17, 15) is 0 Å². The third kappa shape index (κ3) is 5.04. The van der Waals surface area contributed by atoms with Crippen molar-refractivity contribution in [2.75, 3.05) is 6.61 Å². The smallest absolute Gasteiger partial charge is 0.108 e. The van der Waals surface area contributed by atoms with Crippen LogP contribution in [0, 0.1) is 6.61 Å². The van der Waals surface area contributed by atoms with E-state index in [1.54, 1.807) is 0 Å². The third-order valence-electron chi connectivity index (χ3n) is 1.43. The predicted octanol–water partition coefficient (Wildman–Crippen LogP) is -3.05. The molecule has 0 aliphatic heterocycles. The fourth-order valence-corrected chi connectivity index (χ4v) is 0.626. The van der Waals surface area contributed by atoms with Gasteiger partial charge in [-0.1, -0.05) is 0 Å². The topological polar surface area (TPSA) is 121 Å². The van der Waals surface area contributed by atoms with Gasteiger partial charge >= 0.3 is 0 Å². The van der Waals surface area contributed by atoms with Crippen molar-refractivity contribution in [1.29, 1.82) is 0 Å². The molecule has 6 N–H and O–H groups in total. The van der Waals surface area contributed by atoms with E-state index in [2.05, 4.69) is 0 Å². The van der Waals surface area contributed by atoms with Crippen LogP contribution in [0.4, 0.5) is 0 Å². The van der Waals surface area contributed by atoms with Crippen LogP contribution in [0.15, 0.2) is 0 Å². The van der Waals surface area contributed by atoms with Crippen LogP contribution in [0.5, 0.6) is 0 Å². The second kappa shape index (κ2) is 7.84. The van der Waals surface area contributed by atoms with Gasteiger partial charge in [-0.25, -0.2) is 0 Å². The maximum absolute atomic E-state index is 8.94. The summed E-state index contributed by atoms with van der Waals surface area (Å²) < 4.78 is 0. The van der Waals surface area contributed by atoms with Crippen LogP contribution in [-0.4, -0.2) is 61.7 Å². The first-order valence-corrected chi connectivity index (χ1v) is 3.35. The fourth-order valence-electron chi connectivity index (χ4n) is 0.626. The average Bonchev–Trinajstić information content (AvgIpc) is 2.12. The molecule has 0 saturated heterocycles.